The molecular weight excluding hydrogens is 869 g/mol. The number of rotatable bonds is 17. The summed E-state index contributed by atoms with van der Waals surface area (Å²) in [6.45, 7) is -0.293. The van der Waals surface area contributed by atoms with Crippen LogP contribution in [-0.4, -0.2) is 90.2 Å². The van der Waals surface area contributed by atoms with E-state index in [1.807, 2.05) is 18.2 Å². The standard InChI is InChI=1S/C43H42N8O9S3/c1-58-30-13-7-27(8-14-30)23-50(24-28-9-15-31(59-2)16-10-28)63(56,57)39-36(62(54,55)26-43(21-22-43)46-42(52)53)20-19-33(34-5-4-6-35-38(34)45-41(44)61-35)37(39)40-47-49-51(48-40)25-29-11-17-32(60-3)18-12-29/h4-20,46H,21-26H2,1-3H3,(H2,44,45)(H,52,53). The molecule has 17 nitrogen and oxygen atoms in total. The number of nitrogens with one attached hydrogen (secondary N) is 1. The molecular formula is C43H42N8O9S3. The average Bonchev–Trinajstić information content (AvgIpc) is 3.63. The van der Waals surface area contributed by atoms with E-state index in [4.69, 9.17) is 25.0 Å². The lowest BCUT2D eigenvalue weighted by Gasteiger charge is -2.27. The van der Waals surface area contributed by atoms with E-state index in [0.717, 1.165) is 5.56 Å². The number of methoxy groups -OCH3 is 3. The van der Waals surface area contributed by atoms with Gasteiger partial charge in [0, 0.05) is 18.7 Å². The number of carboxylic acid groups (broad SMARTS) is 1. The van der Waals surface area contributed by atoms with Gasteiger partial charge in [-0.1, -0.05) is 65.9 Å². The fourth-order valence-electron chi connectivity index (χ4n) is 7.35. The van der Waals surface area contributed by atoms with Crippen LogP contribution in [0.3, 0.4) is 0 Å². The highest BCUT2D eigenvalue weighted by atomic mass is 32.2. The minimum absolute atomic E-state index is 0.120. The second-order valence-electron chi connectivity index (χ2n) is 15.0. The van der Waals surface area contributed by atoms with Gasteiger partial charge in [-0.3, -0.25) is 0 Å². The first-order chi connectivity index (χ1) is 30.2. The van der Waals surface area contributed by atoms with E-state index >= 15 is 8.42 Å². The SMILES string of the molecule is COc1ccc(CN(Cc2ccc(OC)cc2)S(=O)(=O)c2c(S(=O)(=O)CC3(NC(=O)O)CC3)ccc(-c3cccc4sc(N)nc34)c2-c2nnn(Cc3ccc(OC)cc3)n2)cc1. The predicted octanol–water partition coefficient (Wildman–Crippen LogP) is 6.24. The molecule has 7 aromatic rings. The molecule has 8 rings (SSSR count). The van der Waals surface area contributed by atoms with E-state index in [9.17, 15) is 18.3 Å². The second-order valence-corrected chi connectivity index (χ2v) is 19.8. The van der Waals surface area contributed by atoms with Gasteiger partial charge in [0.1, 0.15) is 22.1 Å². The van der Waals surface area contributed by atoms with Gasteiger partial charge in [0.05, 0.1) is 59.8 Å². The van der Waals surface area contributed by atoms with Crippen LogP contribution in [-0.2, 0) is 39.5 Å². The molecule has 2 aromatic heterocycles. The number of ether oxygens (including phenoxy) is 3. The fourth-order valence-corrected chi connectivity index (χ4v) is 12.4. The van der Waals surface area contributed by atoms with Gasteiger partial charge < -0.3 is 30.4 Å². The van der Waals surface area contributed by atoms with Crippen LogP contribution < -0.4 is 25.3 Å². The first kappa shape index (κ1) is 43.1. The van der Waals surface area contributed by atoms with Crippen molar-refractivity contribution in [3.05, 3.63) is 120 Å². The number of amides is 1. The van der Waals surface area contributed by atoms with Crippen LogP contribution in [0.15, 0.2) is 113 Å². The van der Waals surface area contributed by atoms with Crippen molar-refractivity contribution in [1.82, 2.24) is 34.8 Å². The summed E-state index contributed by atoms with van der Waals surface area (Å²) in [5.41, 5.74) is 7.77. The number of anilines is 1. The molecule has 20 heteroatoms. The van der Waals surface area contributed by atoms with Crippen molar-refractivity contribution in [2.75, 3.05) is 32.8 Å². The Hall–Kier alpha value is -6.61. The van der Waals surface area contributed by atoms with E-state index in [1.165, 1.54) is 46.8 Å². The third kappa shape index (κ3) is 9.15. The lowest BCUT2D eigenvalue weighted by atomic mass is 9.98. The zero-order chi connectivity index (χ0) is 44.5. The van der Waals surface area contributed by atoms with Crippen molar-refractivity contribution >= 4 is 52.6 Å². The minimum atomic E-state index is -4.93. The van der Waals surface area contributed by atoms with Crippen molar-refractivity contribution in [3.63, 3.8) is 0 Å². The van der Waals surface area contributed by atoms with E-state index in [2.05, 4.69) is 20.6 Å². The Morgan fingerprint density at radius 3 is 1.92 bits per heavy atom. The van der Waals surface area contributed by atoms with Gasteiger partial charge in [-0.05, 0) is 88.8 Å². The zero-order valence-electron chi connectivity index (χ0n) is 34.3. The molecule has 1 aliphatic rings. The maximum atomic E-state index is 16.0. The molecule has 1 amide bonds. The summed E-state index contributed by atoms with van der Waals surface area (Å²) < 4.78 is 79.7. The number of nitrogen functional groups attached to an aromatic ring is 1. The number of nitrogens with two attached hydrogens (primary N) is 1. The van der Waals surface area contributed by atoms with Gasteiger partial charge in [-0.15, -0.1) is 10.2 Å². The summed E-state index contributed by atoms with van der Waals surface area (Å²) in [6, 6.07) is 28.9. The maximum Gasteiger partial charge on any atom is 0.405 e. The molecule has 0 unspecified atom stereocenters. The lowest BCUT2D eigenvalue weighted by Crippen LogP contribution is -2.41. The van der Waals surface area contributed by atoms with Gasteiger partial charge in [-0.2, -0.15) is 9.10 Å². The Labute approximate surface area is 367 Å². The smallest absolute Gasteiger partial charge is 0.405 e. The van der Waals surface area contributed by atoms with Gasteiger partial charge in [0.25, 0.3) is 0 Å². The van der Waals surface area contributed by atoms with E-state index in [0.29, 0.717) is 44.2 Å². The van der Waals surface area contributed by atoms with Gasteiger partial charge in [-0.25, -0.2) is 26.6 Å². The predicted molar refractivity (Wildman–Crippen MR) is 236 cm³/mol. The third-order valence-corrected chi connectivity index (χ3v) is 15.5. The van der Waals surface area contributed by atoms with Crippen molar-refractivity contribution in [3.8, 4) is 39.8 Å². The third-order valence-electron chi connectivity index (χ3n) is 10.7. The number of carbonyl (C=O) groups is 1. The number of nitrogens with zero attached hydrogens (tertiary/aromatic N) is 6. The molecule has 1 aliphatic carbocycles. The van der Waals surface area contributed by atoms with E-state index < -0.39 is 47.0 Å². The number of hydrogen-bond acceptors (Lipinski definition) is 14. The molecule has 0 saturated heterocycles. The van der Waals surface area contributed by atoms with Crippen LogP contribution in [0.25, 0.3) is 32.7 Å². The normalized spacial score (nSPS) is 13.5. The average molecular weight is 911 g/mol. The first-order valence-electron chi connectivity index (χ1n) is 19.4. The van der Waals surface area contributed by atoms with E-state index in [-0.39, 0.29) is 54.6 Å². The molecule has 1 fully saturated rings. The Bertz CT molecular complexity index is 2980. The lowest BCUT2D eigenvalue weighted by molar-refractivity contribution is 0.189. The van der Waals surface area contributed by atoms with Crippen LogP contribution in [0, 0.1) is 0 Å². The molecule has 5 aromatic carbocycles. The first-order valence-corrected chi connectivity index (χ1v) is 23.3. The summed E-state index contributed by atoms with van der Waals surface area (Å²) in [5, 5.41) is 25.7. The summed E-state index contributed by atoms with van der Waals surface area (Å²) in [6.07, 6.45) is -0.924. The summed E-state index contributed by atoms with van der Waals surface area (Å²) in [7, 11) is -4.96. The van der Waals surface area contributed by atoms with Crippen molar-refractivity contribution < 1.29 is 40.9 Å². The number of benzene rings is 5. The highest BCUT2D eigenvalue weighted by molar-refractivity contribution is 7.93. The second kappa shape index (κ2) is 17.3. The fraction of sp³-hybridized carbons (Fsp3) is 0.233. The highest BCUT2D eigenvalue weighted by Crippen LogP contribution is 2.46. The molecule has 0 spiro atoms. The summed E-state index contributed by atoms with van der Waals surface area (Å²) >= 11 is 1.23. The molecule has 0 bridgehead atoms. The number of thiazole rings is 1. The van der Waals surface area contributed by atoms with Gasteiger partial charge in [0.15, 0.2) is 15.0 Å². The number of para-hydroxylation sites is 1. The van der Waals surface area contributed by atoms with Gasteiger partial charge in [0.2, 0.25) is 15.8 Å². The molecule has 326 valence electrons. The zero-order valence-corrected chi connectivity index (χ0v) is 36.7. The molecule has 63 heavy (non-hydrogen) atoms. The Morgan fingerprint density at radius 1 is 0.810 bits per heavy atom. The van der Waals surface area contributed by atoms with Crippen LogP contribution in [0.1, 0.15) is 29.5 Å². The number of tetrazole rings is 1. The Balaban J connectivity index is 1.39. The maximum absolute atomic E-state index is 16.0. The van der Waals surface area contributed by atoms with Crippen LogP contribution in [0.2, 0.25) is 0 Å². The van der Waals surface area contributed by atoms with E-state index in [1.54, 1.807) is 79.9 Å². The number of sulfonamides is 1. The van der Waals surface area contributed by atoms with Crippen LogP contribution >= 0.6 is 11.3 Å². The quantitative estimate of drug-likeness (QED) is 0.0919. The van der Waals surface area contributed by atoms with Crippen LogP contribution in [0.5, 0.6) is 17.2 Å². The number of hydrogen-bond donors (Lipinski definition) is 3. The number of aromatic nitrogens is 5. The van der Waals surface area contributed by atoms with Crippen LogP contribution in [0.4, 0.5) is 9.93 Å². The van der Waals surface area contributed by atoms with Gasteiger partial charge >= 0.3 is 6.09 Å². The molecule has 4 N–H and O–H groups in total. The molecule has 2 heterocycles. The molecule has 1 saturated carbocycles. The summed E-state index contributed by atoms with van der Waals surface area (Å²) in [5.74, 6) is 0.849. The molecule has 0 radical (unpaired) electrons. The monoisotopic (exact) mass is 910 g/mol. The van der Waals surface area contributed by atoms with Crippen molar-refractivity contribution in [1.29, 1.82) is 0 Å². The largest absolute Gasteiger partial charge is 0.497 e. The molecule has 0 atom stereocenters. The topological polar surface area (TPSA) is 231 Å². The number of fused-ring (bicyclic) bond motifs is 1. The summed E-state index contributed by atoms with van der Waals surface area (Å²) in [4.78, 5) is 16.6. The highest BCUT2D eigenvalue weighted by Gasteiger charge is 2.49. The number of sulfone groups is 1. The Morgan fingerprint density at radius 2 is 1.38 bits per heavy atom. The Kier molecular flexibility index (Phi) is 11.8. The van der Waals surface area contributed by atoms with Crippen molar-refractivity contribution in [2.45, 2.75) is 47.8 Å². The van der Waals surface area contributed by atoms with Crippen molar-refractivity contribution in [2.24, 2.45) is 0 Å². The minimum Gasteiger partial charge on any atom is -0.497 e. The molecule has 0 aliphatic heterocycles.